The average Bonchev–Trinajstić information content (AvgIpc) is 2.99. The summed E-state index contributed by atoms with van der Waals surface area (Å²) in [5.74, 6) is -0.221. The van der Waals surface area contributed by atoms with Gasteiger partial charge in [-0.05, 0) is 69.1 Å². The van der Waals surface area contributed by atoms with E-state index in [1.165, 1.54) is 6.07 Å². The van der Waals surface area contributed by atoms with E-state index in [-0.39, 0.29) is 22.6 Å². The van der Waals surface area contributed by atoms with Crippen LogP contribution in [0.1, 0.15) is 43.2 Å². The van der Waals surface area contributed by atoms with Gasteiger partial charge in [0.1, 0.15) is 28.3 Å². The van der Waals surface area contributed by atoms with Crippen LogP contribution in [0.15, 0.2) is 35.2 Å². The summed E-state index contributed by atoms with van der Waals surface area (Å²) in [4.78, 5) is 14.7. The minimum atomic E-state index is -4.21. The highest BCUT2D eigenvalue weighted by molar-refractivity contribution is 7.92. The zero-order valence-corrected chi connectivity index (χ0v) is 19.9. The van der Waals surface area contributed by atoms with Gasteiger partial charge in [-0.25, -0.2) is 12.8 Å². The molecule has 1 aliphatic heterocycles. The molecule has 0 aromatic heterocycles. The van der Waals surface area contributed by atoms with Crippen molar-refractivity contribution in [2.24, 2.45) is 0 Å². The summed E-state index contributed by atoms with van der Waals surface area (Å²) in [5.41, 5.74) is 1.41. The Kier molecular flexibility index (Phi) is 5.66. The van der Waals surface area contributed by atoms with E-state index in [2.05, 4.69) is 9.62 Å². The van der Waals surface area contributed by atoms with E-state index in [1.807, 2.05) is 7.05 Å². The van der Waals surface area contributed by atoms with E-state index in [0.717, 1.165) is 68.5 Å². The molecule has 9 heteroatoms. The van der Waals surface area contributed by atoms with Gasteiger partial charge in [-0.1, -0.05) is 18.0 Å². The normalized spacial score (nSPS) is 22.2. The predicted molar refractivity (Wildman–Crippen MR) is 124 cm³/mol. The van der Waals surface area contributed by atoms with Crippen LogP contribution in [0.3, 0.4) is 0 Å². The molecular weight excluding hydrogens is 467 g/mol. The number of hydrogen-bond donors (Lipinski definition) is 1. The van der Waals surface area contributed by atoms with Crippen LogP contribution in [0.5, 0.6) is 5.75 Å². The second-order valence-corrected chi connectivity index (χ2v) is 11.4. The lowest BCUT2D eigenvalue weighted by Crippen LogP contribution is -2.39. The van der Waals surface area contributed by atoms with E-state index in [9.17, 15) is 17.6 Å². The molecule has 176 valence electrons. The number of nitrogens with zero attached hydrogens (tertiary/aromatic N) is 1. The number of piperidine rings is 1. The first-order valence-electron chi connectivity index (χ1n) is 11.2. The average molecular weight is 493 g/mol. The monoisotopic (exact) mass is 492 g/mol. The number of ether oxygens (including phenoxy) is 1. The summed E-state index contributed by atoms with van der Waals surface area (Å²) in [6.07, 6.45) is 4.63. The molecule has 0 bridgehead atoms. The molecule has 0 radical (unpaired) electrons. The number of carbonyl (C=O) groups excluding carboxylic acids is 1. The molecular formula is C24H26ClFN2O4S. The van der Waals surface area contributed by atoms with Crippen LogP contribution in [0, 0.1) is 5.82 Å². The maximum Gasteiger partial charge on any atom is 0.264 e. The van der Waals surface area contributed by atoms with Gasteiger partial charge in [0.05, 0.1) is 11.1 Å². The van der Waals surface area contributed by atoms with Gasteiger partial charge in [0.2, 0.25) is 0 Å². The van der Waals surface area contributed by atoms with Crippen LogP contribution in [0.2, 0.25) is 5.02 Å². The number of ketones is 1. The molecule has 2 aromatic rings. The summed E-state index contributed by atoms with van der Waals surface area (Å²) in [6.45, 7) is 1.77. The number of Topliss-reactive ketones (excluding diaryl/α,β-unsaturated/α-hetero) is 1. The maximum absolute atomic E-state index is 14.4. The number of halogens is 2. The second-order valence-electron chi connectivity index (χ2n) is 9.36. The first-order chi connectivity index (χ1) is 15.7. The molecule has 33 heavy (non-hydrogen) atoms. The van der Waals surface area contributed by atoms with Crippen molar-refractivity contribution in [3.05, 3.63) is 52.3 Å². The van der Waals surface area contributed by atoms with E-state index in [4.69, 9.17) is 16.3 Å². The highest BCUT2D eigenvalue weighted by Gasteiger charge is 2.51. The molecule has 1 N–H and O–H groups in total. The van der Waals surface area contributed by atoms with Crippen LogP contribution in [0.4, 0.5) is 10.1 Å². The van der Waals surface area contributed by atoms with Crippen LogP contribution >= 0.6 is 11.6 Å². The van der Waals surface area contributed by atoms with Crippen LogP contribution in [-0.4, -0.2) is 45.3 Å². The number of anilines is 1. The lowest BCUT2D eigenvalue weighted by atomic mass is 9.64. The van der Waals surface area contributed by atoms with Crippen molar-refractivity contribution in [3.8, 4) is 5.75 Å². The minimum Gasteiger partial charge on any atom is -0.489 e. The van der Waals surface area contributed by atoms with Gasteiger partial charge in [-0.2, -0.15) is 0 Å². The Morgan fingerprint density at radius 3 is 2.67 bits per heavy atom. The van der Waals surface area contributed by atoms with Gasteiger partial charge in [0.25, 0.3) is 10.0 Å². The Morgan fingerprint density at radius 2 is 2.00 bits per heavy atom. The lowest BCUT2D eigenvalue weighted by Gasteiger charge is -2.38. The van der Waals surface area contributed by atoms with Gasteiger partial charge >= 0.3 is 0 Å². The third kappa shape index (κ3) is 4.02. The van der Waals surface area contributed by atoms with E-state index < -0.39 is 26.2 Å². The highest BCUT2D eigenvalue weighted by Crippen LogP contribution is 2.53. The molecule has 1 heterocycles. The Labute approximate surface area is 198 Å². The summed E-state index contributed by atoms with van der Waals surface area (Å²) in [5, 5.41) is 0.113. The maximum atomic E-state index is 14.4. The van der Waals surface area contributed by atoms with Crippen molar-refractivity contribution in [1.29, 1.82) is 0 Å². The summed E-state index contributed by atoms with van der Waals surface area (Å²) in [7, 11) is -2.17. The second kappa shape index (κ2) is 8.25. The standard InChI is InChI=1S/C24H26ClFN2O4S/c1-28-9-2-4-17(14-28)32-21-12-16(11-19-18(21)13-23(29)24(19)7-3-8-24)27-33(30,31)22-6-5-15(25)10-20(22)26/h5-6,10-12,17,27H,2-4,7-9,13-14H2,1H3. The zero-order chi connectivity index (χ0) is 23.4. The third-order valence-corrected chi connectivity index (χ3v) is 8.76. The predicted octanol–water partition coefficient (Wildman–Crippen LogP) is 4.30. The van der Waals surface area contributed by atoms with Crippen molar-refractivity contribution >= 4 is 33.1 Å². The number of benzene rings is 2. The Morgan fingerprint density at radius 1 is 1.21 bits per heavy atom. The smallest absolute Gasteiger partial charge is 0.264 e. The van der Waals surface area contributed by atoms with Gasteiger partial charge < -0.3 is 9.64 Å². The summed E-state index contributed by atoms with van der Waals surface area (Å²) < 4.78 is 49.2. The third-order valence-electron chi connectivity index (χ3n) is 7.11. The van der Waals surface area contributed by atoms with Crippen LogP contribution in [-0.2, 0) is 26.7 Å². The van der Waals surface area contributed by atoms with Crippen molar-refractivity contribution in [2.45, 2.75) is 54.9 Å². The SMILES string of the molecule is CN1CCCC(Oc2cc(NS(=O)(=O)c3ccc(Cl)cc3F)cc3c2CC(=O)C32CCC2)C1. The molecule has 2 fully saturated rings. The van der Waals surface area contributed by atoms with E-state index >= 15 is 0 Å². The van der Waals surface area contributed by atoms with Gasteiger partial charge in [0, 0.05) is 29.6 Å². The van der Waals surface area contributed by atoms with Gasteiger partial charge in [-0.15, -0.1) is 0 Å². The molecule has 5 rings (SSSR count). The highest BCUT2D eigenvalue weighted by atomic mass is 35.5. The number of rotatable bonds is 5. The number of sulfonamides is 1. The fourth-order valence-electron chi connectivity index (χ4n) is 5.28. The number of nitrogens with one attached hydrogen (secondary N) is 1. The molecule has 2 aromatic carbocycles. The zero-order valence-electron chi connectivity index (χ0n) is 18.4. The number of likely N-dealkylation sites (tertiary alicyclic amines) is 1. The Bertz CT molecular complexity index is 1230. The molecule has 3 aliphatic rings. The first kappa shape index (κ1) is 22.6. The van der Waals surface area contributed by atoms with Crippen molar-refractivity contribution < 1.29 is 22.3 Å². The molecule has 1 unspecified atom stereocenters. The Hall–Kier alpha value is -2.16. The number of fused-ring (bicyclic) bond motifs is 2. The Balaban J connectivity index is 1.53. The van der Waals surface area contributed by atoms with Crippen LogP contribution in [0.25, 0.3) is 0 Å². The van der Waals surface area contributed by atoms with E-state index in [0.29, 0.717) is 12.2 Å². The molecule has 2 aliphatic carbocycles. The fraction of sp³-hybridized carbons (Fsp3) is 0.458. The van der Waals surface area contributed by atoms with Gasteiger partial charge in [0.15, 0.2) is 0 Å². The molecule has 1 saturated carbocycles. The molecule has 1 saturated heterocycles. The fourth-order valence-corrected chi connectivity index (χ4v) is 6.54. The number of carbonyl (C=O) groups is 1. The number of likely N-dealkylation sites (N-methyl/N-ethyl adjacent to an activating group) is 1. The molecule has 0 amide bonds. The van der Waals surface area contributed by atoms with Crippen LogP contribution < -0.4 is 9.46 Å². The van der Waals surface area contributed by atoms with Gasteiger partial charge in [-0.3, -0.25) is 9.52 Å². The quantitative estimate of drug-likeness (QED) is 0.673. The minimum absolute atomic E-state index is 0.0403. The molecule has 6 nitrogen and oxygen atoms in total. The van der Waals surface area contributed by atoms with E-state index in [1.54, 1.807) is 12.1 Å². The summed E-state index contributed by atoms with van der Waals surface area (Å²) in [6, 6.07) is 6.79. The number of hydrogen-bond acceptors (Lipinski definition) is 5. The van der Waals surface area contributed by atoms with Crippen molar-refractivity contribution in [1.82, 2.24) is 4.90 Å². The summed E-state index contributed by atoms with van der Waals surface area (Å²) >= 11 is 5.78. The first-order valence-corrected chi connectivity index (χ1v) is 13.1. The largest absolute Gasteiger partial charge is 0.489 e. The topological polar surface area (TPSA) is 75.7 Å². The molecule has 1 spiro atoms. The van der Waals surface area contributed by atoms with Crippen molar-refractivity contribution in [2.75, 3.05) is 24.9 Å². The lowest BCUT2D eigenvalue weighted by molar-refractivity contribution is -0.125. The van der Waals surface area contributed by atoms with Crippen molar-refractivity contribution in [3.63, 3.8) is 0 Å². The molecule has 1 atom stereocenters.